The topological polar surface area (TPSA) is 98.0 Å². The normalized spacial score (nSPS) is 11.0. The summed E-state index contributed by atoms with van der Waals surface area (Å²) in [7, 11) is -1.41. The van der Waals surface area contributed by atoms with Crippen LogP contribution in [-0.2, 0) is 0 Å². The second-order valence-electron chi connectivity index (χ2n) is 5.18. The first-order valence-corrected chi connectivity index (χ1v) is 9.53. The number of hydrogen-bond donors (Lipinski definition) is 3. The number of benzene rings is 1. The zero-order chi connectivity index (χ0) is 15.2. The van der Waals surface area contributed by atoms with Gasteiger partial charge in [-0.05, 0) is 18.2 Å². The summed E-state index contributed by atoms with van der Waals surface area (Å²) in [4.78, 5) is 0. The number of hydrogen-bond acceptors (Lipinski definition) is 4. The zero-order valence-corrected chi connectivity index (χ0v) is 12.8. The maximum atomic E-state index is 8.74. The monoisotopic (exact) mass is 283 g/mol. The average Bonchev–Trinajstić information content (AvgIpc) is 2.36. The Morgan fingerprint density at radius 1 is 1.40 bits per heavy atom. The van der Waals surface area contributed by atoms with Crippen LogP contribution in [0.15, 0.2) is 29.4 Å². The van der Waals surface area contributed by atoms with Gasteiger partial charge in [0.15, 0.2) is 5.84 Å². The molecular formula is C14H17N5Si. The largest absolute Gasteiger partial charge is 0.382 e. The number of nitrogens with zero attached hydrogens (tertiary/aromatic N) is 2. The highest BCUT2D eigenvalue weighted by Crippen LogP contribution is 2.10. The fourth-order valence-corrected chi connectivity index (χ4v) is 1.71. The third-order valence-corrected chi connectivity index (χ3v) is 2.98. The second-order valence-corrected chi connectivity index (χ2v) is 9.93. The molecule has 0 fully saturated rings. The van der Waals surface area contributed by atoms with Crippen LogP contribution in [0, 0.1) is 28.2 Å². The summed E-state index contributed by atoms with van der Waals surface area (Å²) < 4.78 is 0. The van der Waals surface area contributed by atoms with Gasteiger partial charge >= 0.3 is 0 Å². The summed E-state index contributed by atoms with van der Waals surface area (Å²) in [6.45, 7) is 6.54. The fourth-order valence-electron chi connectivity index (χ4n) is 1.19. The Balaban J connectivity index is 2.92. The zero-order valence-electron chi connectivity index (χ0n) is 11.8. The molecule has 20 heavy (non-hydrogen) atoms. The van der Waals surface area contributed by atoms with Crippen molar-refractivity contribution >= 4 is 25.3 Å². The van der Waals surface area contributed by atoms with Crippen molar-refractivity contribution in [3.8, 4) is 17.5 Å². The number of nitriles is 1. The smallest absolute Gasteiger partial charge is 0.201 e. The Bertz CT molecular complexity index is 638. The number of nitrogens with two attached hydrogens (primary N) is 1. The van der Waals surface area contributed by atoms with Crippen LogP contribution in [0.3, 0.4) is 0 Å². The van der Waals surface area contributed by atoms with Crippen LogP contribution in [0.2, 0.25) is 19.6 Å². The predicted octanol–water partition coefficient (Wildman–Crippen LogP) is 2.14. The third kappa shape index (κ3) is 5.38. The van der Waals surface area contributed by atoms with Crippen molar-refractivity contribution in [2.45, 2.75) is 19.6 Å². The molecule has 102 valence electrons. The first-order chi connectivity index (χ1) is 9.31. The van der Waals surface area contributed by atoms with Crippen molar-refractivity contribution in [2.24, 2.45) is 10.8 Å². The van der Waals surface area contributed by atoms with Crippen LogP contribution in [-0.4, -0.2) is 19.6 Å². The van der Waals surface area contributed by atoms with E-state index in [1.807, 2.05) is 18.2 Å². The van der Waals surface area contributed by atoms with Gasteiger partial charge in [-0.2, -0.15) is 10.4 Å². The van der Waals surface area contributed by atoms with E-state index < -0.39 is 8.07 Å². The highest BCUT2D eigenvalue weighted by atomic mass is 28.3. The predicted molar refractivity (Wildman–Crippen MR) is 85.3 cm³/mol. The highest BCUT2D eigenvalue weighted by Gasteiger charge is 2.07. The van der Waals surface area contributed by atoms with Crippen molar-refractivity contribution in [2.75, 3.05) is 5.43 Å². The van der Waals surface area contributed by atoms with Gasteiger partial charge in [0.05, 0.1) is 5.69 Å². The summed E-state index contributed by atoms with van der Waals surface area (Å²) in [5, 5.41) is 19.7. The maximum Gasteiger partial charge on any atom is 0.201 e. The number of anilines is 1. The first-order valence-electron chi connectivity index (χ1n) is 6.03. The molecule has 0 aliphatic rings. The molecule has 0 aliphatic carbocycles. The van der Waals surface area contributed by atoms with Crippen LogP contribution in [0.5, 0.6) is 0 Å². The Morgan fingerprint density at radius 2 is 2.10 bits per heavy atom. The molecule has 6 heteroatoms. The van der Waals surface area contributed by atoms with Gasteiger partial charge in [-0.25, -0.2) is 0 Å². The molecule has 0 bridgehead atoms. The van der Waals surface area contributed by atoms with Crippen LogP contribution in [0.25, 0.3) is 0 Å². The van der Waals surface area contributed by atoms with E-state index in [-0.39, 0.29) is 11.5 Å². The lowest BCUT2D eigenvalue weighted by Crippen LogP contribution is -2.21. The van der Waals surface area contributed by atoms with Crippen molar-refractivity contribution < 1.29 is 0 Å². The molecule has 4 N–H and O–H groups in total. The molecular weight excluding hydrogens is 266 g/mol. The Hall–Kier alpha value is -2.57. The van der Waals surface area contributed by atoms with E-state index in [1.54, 1.807) is 12.1 Å². The van der Waals surface area contributed by atoms with E-state index in [2.05, 4.69) is 41.6 Å². The molecule has 0 aromatic heterocycles. The van der Waals surface area contributed by atoms with E-state index in [0.717, 1.165) is 5.56 Å². The molecule has 0 heterocycles. The summed E-state index contributed by atoms with van der Waals surface area (Å²) in [6.07, 6.45) is 0. The molecule has 0 aliphatic heterocycles. The van der Waals surface area contributed by atoms with Crippen LogP contribution >= 0.6 is 0 Å². The van der Waals surface area contributed by atoms with Gasteiger partial charge in [-0.3, -0.25) is 10.8 Å². The molecule has 0 radical (unpaired) electrons. The van der Waals surface area contributed by atoms with Gasteiger partial charge in [0.25, 0.3) is 0 Å². The molecule has 0 saturated carbocycles. The minimum atomic E-state index is -1.41. The summed E-state index contributed by atoms with van der Waals surface area (Å²) >= 11 is 0. The van der Waals surface area contributed by atoms with E-state index in [0.29, 0.717) is 5.69 Å². The van der Waals surface area contributed by atoms with Crippen LogP contribution in [0.1, 0.15) is 5.56 Å². The van der Waals surface area contributed by atoms with E-state index in [1.165, 1.54) is 0 Å². The molecule has 0 unspecified atom stereocenters. The Morgan fingerprint density at radius 3 is 2.65 bits per heavy atom. The van der Waals surface area contributed by atoms with Gasteiger partial charge in [0, 0.05) is 5.56 Å². The van der Waals surface area contributed by atoms with Crippen molar-refractivity contribution in [3.05, 3.63) is 29.8 Å². The Labute approximate surface area is 120 Å². The summed E-state index contributed by atoms with van der Waals surface area (Å²) in [5.41, 5.74) is 12.6. The van der Waals surface area contributed by atoms with E-state index in [9.17, 15) is 0 Å². The minimum absolute atomic E-state index is 0.149. The summed E-state index contributed by atoms with van der Waals surface area (Å²) in [5.74, 6) is 2.77. The standard InChI is InChI=1S/C14H17N5Si/c1-20(2,3)8-7-11-5-4-6-12(9-11)18-19-13(10-15)14(16)17/h4-6,9,18H,1-3H3,(H3,16,17)/b19-13+. The van der Waals surface area contributed by atoms with Gasteiger partial charge in [0.1, 0.15) is 14.1 Å². The fraction of sp³-hybridized carbons (Fsp3) is 0.214. The molecule has 5 nitrogen and oxygen atoms in total. The van der Waals surface area contributed by atoms with E-state index in [4.69, 9.17) is 16.4 Å². The Kier molecular flexibility index (Phi) is 5.07. The highest BCUT2D eigenvalue weighted by molar-refractivity contribution is 6.83. The first kappa shape index (κ1) is 15.5. The number of rotatable bonds is 3. The number of amidine groups is 1. The van der Waals surface area contributed by atoms with Gasteiger partial charge < -0.3 is 5.73 Å². The number of nitrogens with one attached hydrogen (secondary N) is 2. The lowest BCUT2D eigenvalue weighted by Gasteiger charge is -2.04. The van der Waals surface area contributed by atoms with Gasteiger partial charge in [0.2, 0.25) is 5.71 Å². The van der Waals surface area contributed by atoms with Gasteiger partial charge in [-0.15, -0.1) is 5.54 Å². The lowest BCUT2D eigenvalue weighted by molar-refractivity contribution is 1.33. The molecule has 0 amide bonds. The molecule has 0 atom stereocenters. The minimum Gasteiger partial charge on any atom is -0.382 e. The SMILES string of the molecule is C[Si](C)(C)C#Cc1cccc(N/N=C(\C#N)C(=N)N)c1. The molecule has 1 aromatic rings. The molecule has 0 saturated heterocycles. The average molecular weight is 283 g/mol. The van der Waals surface area contributed by atoms with Crippen LogP contribution < -0.4 is 11.2 Å². The molecule has 0 spiro atoms. The lowest BCUT2D eigenvalue weighted by atomic mass is 10.2. The number of hydrazone groups is 1. The second kappa shape index (κ2) is 6.55. The van der Waals surface area contributed by atoms with Crippen molar-refractivity contribution in [1.29, 1.82) is 10.7 Å². The summed E-state index contributed by atoms with van der Waals surface area (Å²) in [6, 6.07) is 9.16. The van der Waals surface area contributed by atoms with Crippen molar-refractivity contribution in [3.63, 3.8) is 0 Å². The van der Waals surface area contributed by atoms with E-state index >= 15 is 0 Å². The molecule has 1 rings (SSSR count). The maximum absolute atomic E-state index is 8.74. The third-order valence-electron chi connectivity index (χ3n) is 2.10. The van der Waals surface area contributed by atoms with Crippen molar-refractivity contribution in [1.82, 2.24) is 0 Å². The van der Waals surface area contributed by atoms with Crippen LogP contribution in [0.4, 0.5) is 5.69 Å². The molecule has 1 aromatic carbocycles. The quantitative estimate of drug-likeness (QED) is 0.260. The van der Waals surface area contributed by atoms with Gasteiger partial charge in [-0.1, -0.05) is 31.6 Å².